The third-order valence-corrected chi connectivity index (χ3v) is 3.29. The number of esters is 1. The topological polar surface area (TPSA) is 71.5 Å². The Balaban J connectivity index is 2.48. The number of hydrogen-bond donors (Lipinski definition) is 1. The van der Waals surface area contributed by atoms with Gasteiger partial charge in [0.2, 0.25) is 0 Å². The van der Waals surface area contributed by atoms with Crippen LogP contribution in [-0.2, 0) is 9.53 Å². The standard InChI is InChI=1S/C14H17N3O3/c1-4-20-13(18)11-9(2)17(3)14(19)16-12(11)10-5-7-15-8-6-10/h5-8,12H,4H2,1-3H3,(H,16,19). The van der Waals surface area contributed by atoms with Crippen molar-refractivity contribution in [1.29, 1.82) is 0 Å². The number of nitrogens with one attached hydrogen (secondary N) is 1. The molecule has 2 heterocycles. The van der Waals surface area contributed by atoms with E-state index in [1.165, 1.54) is 4.90 Å². The van der Waals surface area contributed by atoms with E-state index in [9.17, 15) is 9.59 Å². The first-order valence-electron chi connectivity index (χ1n) is 6.38. The molecule has 1 atom stereocenters. The second-order valence-corrected chi connectivity index (χ2v) is 4.44. The van der Waals surface area contributed by atoms with E-state index in [4.69, 9.17) is 4.74 Å². The molecule has 2 amide bonds. The molecule has 0 saturated carbocycles. The summed E-state index contributed by atoms with van der Waals surface area (Å²) in [6, 6.07) is 2.77. The highest BCUT2D eigenvalue weighted by atomic mass is 16.5. The van der Waals surface area contributed by atoms with Crippen LogP contribution in [0.2, 0.25) is 0 Å². The average Bonchev–Trinajstić information content (AvgIpc) is 2.45. The molecule has 0 saturated heterocycles. The van der Waals surface area contributed by atoms with Gasteiger partial charge in [0.25, 0.3) is 0 Å². The van der Waals surface area contributed by atoms with Gasteiger partial charge in [-0.25, -0.2) is 9.59 Å². The third kappa shape index (κ3) is 2.49. The molecule has 0 fully saturated rings. The molecule has 1 aliphatic rings. The lowest BCUT2D eigenvalue weighted by Crippen LogP contribution is -2.46. The average molecular weight is 275 g/mol. The van der Waals surface area contributed by atoms with Gasteiger partial charge in [-0.05, 0) is 31.5 Å². The number of carbonyl (C=O) groups excluding carboxylic acids is 2. The molecule has 1 aliphatic heterocycles. The maximum Gasteiger partial charge on any atom is 0.338 e. The smallest absolute Gasteiger partial charge is 0.338 e. The van der Waals surface area contributed by atoms with E-state index < -0.39 is 12.0 Å². The normalized spacial score (nSPS) is 18.9. The van der Waals surface area contributed by atoms with Gasteiger partial charge in [-0.1, -0.05) is 0 Å². The van der Waals surface area contributed by atoms with Gasteiger partial charge in [0.05, 0.1) is 18.2 Å². The number of carbonyl (C=O) groups is 2. The maximum atomic E-state index is 12.2. The zero-order valence-electron chi connectivity index (χ0n) is 11.7. The summed E-state index contributed by atoms with van der Waals surface area (Å²) in [5.74, 6) is -0.418. The molecule has 6 heteroatoms. The first kappa shape index (κ1) is 14.0. The second kappa shape index (κ2) is 5.73. The van der Waals surface area contributed by atoms with Crippen LogP contribution in [0.15, 0.2) is 35.8 Å². The number of allylic oxidation sites excluding steroid dienone is 1. The van der Waals surface area contributed by atoms with Gasteiger partial charge < -0.3 is 15.0 Å². The van der Waals surface area contributed by atoms with E-state index in [0.29, 0.717) is 11.3 Å². The zero-order valence-corrected chi connectivity index (χ0v) is 11.7. The van der Waals surface area contributed by atoms with E-state index in [-0.39, 0.29) is 12.6 Å². The number of rotatable bonds is 3. The Morgan fingerprint density at radius 2 is 2.10 bits per heavy atom. The Kier molecular flexibility index (Phi) is 4.02. The van der Waals surface area contributed by atoms with Crippen LogP contribution in [0, 0.1) is 0 Å². The van der Waals surface area contributed by atoms with Gasteiger partial charge in [-0.3, -0.25) is 4.98 Å². The van der Waals surface area contributed by atoms with Gasteiger partial charge >= 0.3 is 12.0 Å². The molecule has 6 nitrogen and oxygen atoms in total. The highest BCUT2D eigenvalue weighted by Gasteiger charge is 2.34. The summed E-state index contributed by atoms with van der Waals surface area (Å²) in [5.41, 5.74) is 1.83. The van der Waals surface area contributed by atoms with Gasteiger partial charge in [0.15, 0.2) is 0 Å². The van der Waals surface area contributed by atoms with Crippen molar-refractivity contribution in [1.82, 2.24) is 15.2 Å². The summed E-state index contributed by atoms with van der Waals surface area (Å²) < 4.78 is 5.10. The molecular formula is C14H17N3O3. The monoisotopic (exact) mass is 275 g/mol. The van der Waals surface area contributed by atoms with E-state index >= 15 is 0 Å². The van der Waals surface area contributed by atoms with Crippen LogP contribution in [0.1, 0.15) is 25.5 Å². The fourth-order valence-corrected chi connectivity index (χ4v) is 2.11. The van der Waals surface area contributed by atoms with E-state index in [0.717, 1.165) is 5.56 Å². The van der Waals surface area contributed by atoms with Crippen molar-refractivity contribution >= 4 is 12.0 Å². The Bertz CT molecular complexity index is 554. The summed E-state index contributed by atoms with van der Waals surface area (Å²) >= 11 is 0. The molecule has 1 unspecified atom stereocenters. The molecule has 2 rings (SSSR count). The summed E-state index contributed by atoms with van der Waals surface area (Å²) in [6.45, 7) is 3.77. The fourth-order valence-electron chi connectivity index (χ4n) is 2.11. The maximum absolute atomic E-state index is 12.2. The predicted molar refractivity (Wildman–Crippen MR) is 72.6 cm³/mol. The lowest BCUT2D eigenvalue weighted by molar-refractivity contribution is -0.139. The van der Waals surface area contributed by atoms with Crippen molar-refractivity contribution in [2.75, 3.05) is 13.7 Å². The first-order valence-corrected chi connectivity index (χ1v) is 6.38. The molecule has 1 aromatic rings. The number of pyridine rings is 1. The van der Waals surface area contributed by atoms with E-state index in [1.807, 2.05) is 0 Å². The van der Waals surface area contributed by atoms with Crippen molar-refractivity contribution in [3.63, 3.8) is 0 Å². The van der Waals surface area contributed by atoms with Gasteiger partial charge in [0.1, 0.15) is 0 Å². The minimum absolute atomic E-state index is 0.252. The minimum atomic E-state index is -0.513. The highest BCUT2D eigenvalue weighted by Crippen LogP contribution is 2.30. The van der Waals surface area contributed by atoms with Crippen molar-refractivity contribution in [3.8, 4) is 0 Å². The number of aromatic nitrogens is 1. The molecular weight excluding hydrogens is 258 g/mol. The SMILES string of the molecule is CCOC(=O)C1=C(C)N(C)C(=O)NC1c1ccncc1. The van der Waals surface area contributed by atoms with Crippen molar-refractivity contribution in [2.45, 2.75) is 19.9 Å². The minimum Gasteiger partial charge on any atom is -0.463 e. The summed E-state index contributed by atoms with van der Waals surface area (Å²) in [4.78, 5) is 29.4. The van der Waals surface area contributed by atoms with Gasteiger partial charge in [-0.15, -0.1) is 0 Å². The second-order valence-electron chi connectivity index (χ2n) is 4.44. The van der Waals surface area contributed by atoms with Crippen molar-refractivity contribution in [3.05, 3.63) is 41.4 Å². The third-order valence-electron chi connectivity index (χ3n) is 3.29. The Morgan fingerprint density at radius 1 is 1.45 bits per heavy atom. The molecule has 20 heavy (non-hydrogen) atoms. The van der Waals surface area contributed by atoms with Crippen LogP contribution in [0.4, 0.5) is 4.79 Å². The van der Waals surface area contributed by atoms with Crippen LogP contribution in [0.5, 0.6) is 0 Å². The lowest BCUT2D eigenvalue weighted by Gasteiger charge is -2.33. The Hall–Kier alpha value is -2.37. The first-order chi connectivity index (χ1) is 9.56. The zero-order chi connectivity index (χ0) is 14.7. The molecule has 106 valence electrons. The van der Waals surface area contributed by atoms with Gasteiger partial charge in [0, 0.05) is 25.1 Å². The predicted octanol–water partition coefficient (Wildman–Crippen LogP) is 1.61. The Labute approximate surface area is 117 Å². The molecule has 0 spiro atoms. The van der Waals surface area contributed by atoms with Crippen LogP contribution in [0.25, 0.3) is 0 Å². The van der Waals surface area contributed by atoms with E-state index in [1.54, 1.807) is 45.4 Å². The largest absolute Gasteiger partial charge is 0.463 e. The molecule has 0 radical (unpaired) electrons. The van der Waals surface area contributed by atoms with Gasteiger partial charge in [-0.2, -0.15) is 0 Å². The summed E-state index contributed by atoms with van der Waals surface area (Å²) in [6.07, 6.45) is 3.25. The summed E-state index contributed by atoms with van der Waals surface area (Å²) in [7, 11) is 1.62. The van der Waals surface area contributed by atoms with Crippen LogP contribution in [-0.4, -0.2) is 35.5 Å². The quantitative estimate of drug-likeness (QED) is 0.851. The number of urea groups is 1. The molecule has 1 N–H and O–H groups in total. The van der Waals surface area contributed by atoms with E-state index in [2.05, 4.69) is 10.3 Å². The van der Waals surface area contributed by atoms with Crippen molar-refractivity contribution < 1.29 is 14.3 Å². The fraction of sp³-hybridized carbons (Fsp3) is 0.357. The number of hydrogen-bond acceptors (Lipinski definition) is 4. The van der Waals surface area contributed by atoms with Crippen LogP contribution in [0.3, 0.4) is 0 Å². The summed E-state index contributed by atoms with van der Waals surface area (Å²) in [5, 5.41) is 2.80. The molecule has 0 aromatic carbocycles. The van der Waals surface area contributed by atoms with Crippen molar-refractivity contribution in [2.24, 2.45) is 0 Å². The number of nitrogens with zero attached hydrogens (tertiary/aromatic N) is 2. The Morgan fingerprint density at radius 3 is 2.70 bits per heavy atom. The van der Waals surface area contributed by atoms with Crippen LogP contribution >= 0.6 is 0 Å². The lowest BCUT2D eigenvalue weighted by atomic mass is 9.96. The number of amides is 2. The number of ether oxygens (including phenoxy) is 1. The van der Waals surface area contributed by atoms with Crippen LogP contribution < -0.4 is 5.32 Å². The molecule has 0 bridgehead atoms. The highest BCUT2D eigenvalue weighted by molar-refractivity contribution is 5.94. The molecule has 1 aromatic heterocycles. The molecule has 0 aliphatic carbocycles.